The molecule has 0 heterocycles. The van der Waals surface area contributed by atoms with Crippen LogP contribution in [0.15, 0.2) is 24.4 Å². The molecule has 1 heteroatoms. The molecule has 0 unspecified atom stereocenters. The molecule has 0 aliphatic rings. The summed E-state index contributed by atoms with van der Waals surface area (Å²) in [6.45, 7) is 13.0. The fraction of sp³-hybridized carbons (Fsp3) is 0.750. The van der Waals surface area contributed by atoms with E-state index in [1.54, 1.807) is 0 Å². The molecule has 0 aromatic heterocycles. The summed E-state index contributed by atoms with van der Waals surface area (Å²) in [5.41, 5.74) is 1.23. The van der Waals surface area contributed by atoms with E-state index in [0.717, 1.165) is 0 Å². The number of hydrogen-bond donors (Lipinski definition) is 0. The van der Waals surface area contributed by atoms with Crippen LogP contribution >= 0.6 is 0 Å². The van der Waals surface area contributed by atoms with Crippen LogP contribution in [-0.2, 0) is 0 Å². The van der Waals surface area contributed by atoms with Crippen molar-refractivity contribution >= 4 is 0 Å². The minimum absolute atomic E-state index is 1.17. The van der Waals surface area contributed by atoms with Gasteiger partial charge in [0.05, 0.1) is 0 Å². The van der Waals surface area contributed by atoms with Crippen molar-refractivity contribution in [3.8, 4) is 0 Å². The quantitative estimate of drug-likeness (QED) is 0.355. The molecule has 0 saturated carbocycles. The number of unbranched alkanes of at least 4 members (excludes halogenated alkanes) is 4. The van der Waals surface area contributed by atoms with Crippen molar-refractivity contribution in [2.75, 3.05) is 13.1 Å². The second-order valence-corrected chi connectivity index (χ2v) is 4.80. The summed E-state index contributed by atoms with van der Waals surface area (Å²) in [5, 5.41) is 0. The van der Waals surface area contributed by atoms with E-state index in [9.17, 15) is 0 Å². The smallest absolute Gasteiger partial charge is 0.0174 e. The van der Waals surface area contributed by atoms with Gasteiger partial charge in [0.2, 0.25) is 0 Å². The summed E-state index contributed by atoms with van der Waals surface area (Å²) in [4.78, 5) is 2.44. The average molecular weight is 237 g/mol. The third-order valence-corrected chi connectivity index (χ3v) is 3.02. The summed E-state index contributed by atoms with van der Waals surface area (Å²) >= 11 is 0. The van der Waals surface area contributed by atoms with Crippen molar-refractivity contribution in [2.45, 2.75) is 65.7 Å². The number of allylic oxidation sites excluding steroid dienone is 3. The Hall–Kier alpha value is -0.720. The van der Waals surface area contributed by atoms with Crippen molar-refractivity contribution in [2.24, 2.45) is 0 Å². The molecular formula is C16H31N. The predicted molar refractivity (Wildman–Crippen MR) is 79.2 cm³/mol. The van der Waals surface area contributed by atoms with Crippen LogP contribution in [0.5, 0.6) is 0 Å². The zero-order valence-corrected chi connectivity index (χ0v) is 12.2. The third kappa shape index (κ3) is 10.2. The summed E-state index contributed by atoms with van der Waals surface area (Å²) < 4.78 is 0. The minimum Gasteiger partial charge on any atom is -0.376 e. The standard InChI is InChI=1S/C16H31N/c1-5-7-9-10-11-12-13-15-17(16(3)4)14-8-6-2/h7,9H,3,5-6,8,10-15H2,1-2,4H3/b9-7-. The monoisotopic (exact) mass is 237 g/mol. The van der Waals surface area contributed by atoms with Crippen LogP contribution < -0.4 is 0 Å². The Labute approximate surface area is 109 Å². The van der Waals surface area contributed by atoms with Crippen LogP contribution in [0.25, 0.3) is 0 Å². The van der Waals surface area contributed by atoms with E-state index in [1.807, 2.05) is 0 Å². The first-order chi connectivity index (χ1) is 8.22. The Morgan fingerprint density at radius 3 is 2.29 bits per heavy atom. The van der Waals surface area contributed by atoms with Gasteiger partial charge >= 0.3 is 0 Å². The molecule has 0 N–H and O–H groups in total. The Morgan fingerprint density at radius 2 is 1.71 bits per heavy atom. The molecular weight excluding hydrogens is 206 g/mol. The van der Waals surface area contributed by atoms with Gasteiger partial charge in [0.1, 0.15) is 0 Å². The SMILES string of the molecule is C=C(C)N(CCCC)CCCCC/C=C\CC. The Balaban J connectivity index is 3.54. The van der Waals surface area contributed by atoms with Gasteiger partial charge in [-0.25, -0.2) is 0 Å². The Morgan fingerprint density at radius 1 is 1.00 bits per heavy atom. The topological polar surface area (TPSA) is 3.24 Å². The van der Waals surface area contributed by atoms with E-state index in [1.165, 1.54) is 63.7 Å². The molecule has 0 aromatic carbocycles. The molecule has 0 saturated heterocycles. The maximum Gasteiger partial charge on any atom is 0.0174 e. The fourth-order valence-corrected chi connectivity index (χ4v) is 1.87. The van der Waals surface area contributed by atoms with E-state index >= 15 is 0 Å². The Bertz CT molecular complexity index is 206. The van der Waals surface area contributed by atoms with Crippen LogP contribution in [0.2, 0.25) is 0 Å². The molecule has 0 amide bonds. The highest BCUT2D eigenvalue weighted by Gasteiger charge is 2.02. The second-order valence-electron chi connectivity index (χ2n) is 4.80. The van der Waals surface area contributed by atoms with Crippen LogP contribution in [0.1, 0.15) is 65.7 Å². The van der Waals surface area contributed by atoms with Gasteiger partial charge in [-0.05, 0) is 39.0 Å². The van der Waals surface area contributed by atoms with Crippen molar-refractivity contribution in [1.29, 1.82) is 0 Å². The number of rotatable bonds is 11. The highest BCUT2D eigenvalue weighted by atomic mass is 15.1. The number of hydrogen-bond acceptors (Lipinski definition) is 1. The average Bonchev–Trinajstić information content (AvgIpc) is 2.31. The van der Waals surface area contributed by atoms with Crippen LogP contribution in [0.4, 0.5) is 0 Å². The van der Waals surface area contributed by atoms with Crippen molar-refractivity contribution < 1.29 is 0 Å². The zero-order chi connectivity index (χ0) is 12.9. The molecule has 0 rings (SSSR count). The van der Waals surface area contributed by atoms with Gasteiger partial charge in [-0.2, -0.15) is 0 Å². The molecule has 0 spiro atoms. The van der Waals surface area contributed by atoms with Crippen molar-refractivity contribution in [1.82, 2.24) is 4.90 Å². The lowest BCUT2D eigenvalue weighted by Crippen LogP contribution is -2.23. The first-order valence-corrected chi connectivity index (χ1v) is 7.27. The minimum atomic E-state index is 1.17. The summed E-state index contributed by atoms with van der Waals surface area (Å²) in [6, 6.07) is 0. The molecule has 17 heavy (non-hydrogen) atoms. The molecule has 0 aliphatic heterocycles. The maximum absolute atomic E-state index is 4.06. The van der Waals surface area contributed by atoms with Crippen molar-refractivity contribution in [3.05, 3.63) is 24.4 Å². The Kier molecular flexibility index (Phi) is 11.3. The summed E-state index contributed by atoms with van der Waals surface area (Å²) in [7, 11) is 0. The molecule has 0 aliphatic carbocycles. The van der Waals surface area contributed by atoms with E-state index in [-0.39, 0.29) is 0 Å². The molecule has 0 atom stereocenters. The van der Waals surface area contributed by atoms with Crippen molar-refractivity contribution in [3.63, 3.8) is 0 Å². The van der Waals surface area contributed by atoms with Crippen LogP contribution in [0, 0.1) is 0 Å². The first kappa shape index (κ1) is 16.3. The summed E-state index contributed by atoms with van der Waals surface area (Å²) in [6.07, 6.45) is 13.5. The molecule has 0 fully saturated rings. The number of nitrogens with zero attached hydrogens (tertiary/aromatic N) is 1. The lowest BCUT2D eigenvalue weighted by molar-refractivity contribution is 0.330. The van der Waals surface area contributed by atoms with Crippen LogP contribution in [0.3, 0.4) is 0 Å². The van der Waals surface area contributed by atoms with Gasteiger partial charge in [-0.3, -0.25) is 0 Å². The van der Waals surface area contributed by atoms with Crippen LogP contribution in [-0.4, -0.2) is 18.0 Å². The van der Waals surface area contributed by atoms with Gasteiger partial charge in [0.25, 0.3) is 0 Å². The molecule has 100 valence electrons. The first-order valence-electron chi connectivity index (χ1n) is 7.27. The second kappa shape index (κ2) is 11.8. The third-order valence-electron chi connectivity index (χ3n) is 3.02. The van der Waals surface area contributed by atoms with E-state index in [4.69, 9.17) is 0 Å². The lowest BCUT2D eigenvalue weighted by atomic mass is 10.1. The normalized spacial score (nSPS) is 11.0. The summed E-state index contributed by atoms with van der Waals surface area (Å²) in [5.74, 6) is 0. The van der Waals surface area contributed by atoms with E-state index < -0.39 is 0 Å². The van der Waals surface area contributed by atoms with Gasteiger partial charge in [-0.1, -0.05) is 45.4 Å². The van der Waals surface area contributed by atoms with Gasteiger partial charge < -0.3 is 4.90 Å². The zero-order valence-electron chi connectivity index (χ0n) is 12.2. The molecule has 0 aromatic rings. The largest absolute Gasteiger partial charge is 0.376 e. The lowest BCUT2D eigenvalue weighted by Gasteiger charge is -2.24. The van der Waals surface area contributed by atoms with Gasteiger partial charge in [0.15, 0.2) is 0 Å². The molecule has 0 radical (unpaired) electrons. The fourth-order valence-electron chi connectivity index (χ4n) is 1.87. The van der Waals surface area contributed by atoms with Gasteiger partial charge in [-0.15, -0.1) is 0 Å². The van der Waals surface area contributed by atoms with Gasteiger partial charge in [0, 0.05) is 18.8 Å². The molecule has 0 bridgehead atoms. The van der Waals surface area contributed by atoms with E-state index in [0.29, 0.717) is 0 Å². The van der Waals surface area contributed by atoms with E-state index in [2.05, 4.69) is 44.4 Å². The highest BCUT2D eigenvalue weighted by Crippen LogP contribution is 2.08. The predicted octanol–water partition coefficient (Wildman–Crippen LogP) is 5.15. The maximum atomic E-state index is 4.06. The highest BCUT2D eigenvalue weighted by molar-refractivity contribution is 4.88. The molecule has 1 nitrogen and oxygen atoms in total.